The number of carbonyl (C=O) groups is 1. The molecule has 7 heteroatoms. The van der Waals surface area contributed by atoms with Gasteiger partial charge in [-0.3, -0.25) is 4.98 Å². The van der Waals surface area contributed by atoms with E-state index in [1.54, 1.807) is 18.2 Å². The minimum atomic E-state index is -1.16. The summed E-state index contributed by atoms with van der Waals surface area (Å²) in [4.78, 5) is 18.4. The van der Waals surface area contributed by atoms with E-state index in [0.29, 0.717) is 15.7 Å². The molecule has 5 nitrogen and oxygen atoms in total. The second kappa shape index (κ2) is 5.20. The molecule has 0 aliphatic carbocycles. The number of para-hydroxylation sites is 1. The van der Waals surface area contributed by atoms with Crippen LogP contribution < -0.4 is 5.32 Å². The number of hydrogen-bond donors (Lipinski definition) is 2. The number of aromatic carboxylic acids is 1. The van der Waals surface area contributed by atoms with Gasteiger partial charge in [0, 0.05) is 0 Å². The summed E-state index contributed by atoms with van der Waals surface area (Å²) < 4.78 is 0. The summed E-state index contributed by atoms with van der Waals surface area (Å²) in [5.41, 5.74) is 0.292. The van der Waals surface area contributed by atoms with E-state index >= 15 is 0 Å². The highest BCUT2D eigenvalue weighted by Gasteiger charge is 2.09. The topological polar surface area (TPSA) is 75.1 Å². The van der Waals surface area contributed by atoms with E-state index in [2.05, 4.69) is 15.3 Å². The van der Waals surface area contributed by atoms with Gasteiger partial charge in [-0.1, -0.05) is 29.3 Å². The maximum absolute atomic E-state index is 10.8. The first-order valence-electron chi connectivity index (χ1n) is 4.84. The molecule has 0 fully saturated rings. The number of carboxylic acid groups (broad SMARTS) is 1. The molecule has 18 heavy (non-hydrogen) atoms. The quantitative estimate of drug-likeness (QED) is 0.905. The van der Waals surface area contributed by atoms with Crippen LogP contribution in [0.2, 0.25) is 10.0 Å². The fraction of sp³-hybridized carbons (Fsp3) is 0. The van der Waals surface area contributed by atoms with Crippen LogP contribution in [-0.2, 0) is 0 Å². The maximum atomic E-state index is 10.8. The molecule has 0 spiro atoms. The molecule has 0 amide bonds. The van der Waals surface area contributed by atoms with Crippen LogP contribution in [0.25, 0.3) is 0 Å². The number of carboxylic acids is 1. The Bertz CT molecular complexity index is 584. The Labute approximate surface area is 112 Å². The third-order valence-electron chi connectivity index (χ3n) is 2.07. The monoisotopic (exact) mass is 283 g/mol. The zero-order valence-corrected chi connectivity index (χ0v) is 10.4. The van der Waals surface area contributed by atoms with E-state index < -0.39 is 5.97 Å². The number of nitrogens with one attached hydrogen (secondary N) is 1. The number of hydrogen-bond acceptors (Lipinski definition) is 4. The first-order chi connectivity index (χ1) is 8.58. The lowest BCUT2D eigenvalue weighted by atomic mass is 10.3. The highest BCUT2D eigenvalue weighted by molar-refractivity contribution is 6.39. The fourth-order valence-electron chi connectivity index (χ4n) is 1.27. The minimum absolute atomic E-state index is 0.164. The Hall–Kier alpha value is -1.85. The molecule has 0 unspecified atom stereocenters. The largest absolute Gasteiger partial charge is 0.476 e. The SMILES string of the molecule is O=C(O)c1cncc(Nc2c(Cl)cccc2Cl)n1. The van der Waals surface area contributed by atoms with Gasteiger partial charge in [-0.05, 0) is 12.1 Å². The summed E-state index contributed by atoms with van der Waals surface area (Å²) in [6, 6.07) is 5.02. The molecule has 0 atom stereocenters. The molecule has 92 valence electrons. The van der Waals surface area contributed by atoms with E-state index in [9.17, 15) is 4.79 Å². The van der Waals surface area contributed by atoms with Crippen molar-refractivity contribution in [3.8, 4) is 0 Å². The lowest BCUT2D eigenvalue weighted by Crippen LogP contribution is -2.04. The zero-order valence-electron chi connectivity index (χ0n) is 8.89. The smallest absolute Gasteiger partial charge is 0.356 e. The van der Waals surface area contributed by atoms with Crippen LogP contribution in [0.5, 0.6) is 0 Å². The van der Waals surface area contributed by atoms with E-state index in [1.807, 2.05) is 0 Å². The molecule has 0 saturated carbocycles. The fourth-order valence-corrected chi connectivity index (χ4v) is 1.77. The summed E-state index contributed by atoms with van der Waals surface area (Å²) in [5, 5.41) is 12.5. The van der Waals surface area contributed by atoms with E-state index in [0.717, 1.165) is 6.20 Å². The van der Waals surface area contributed by atoms with Crippen molar-refractivity contribution in [2.45, 2.75) is 0 Å². The molecule has 0 aliphatic rings. The molecule has 0 bridgehead atoms. The van der Waals surface area contributed by atoms with Gasteiger partial charge in [0.15, 0.2) is 5.69 Å². The predicted octanol–water partition coefficient (Wildman–Crippen LogP) is 3.23. The van der Waals surface area contributed by atoms with E-state index in [-0.39, 0.29) is 11.5 Å². The van der Waals surface area contributed by atoms with Crippen molar-refractivity contribution in [2.75, 3.05) is 5.32 Å². The van der Waals surface area contributed by atoms with Crippen LogP contribution in [0, 0.1) is 0 Å². The third-order valence-corrected chi connectivity index (χ3v) is 2.70. The molecule has 1 aromatic heterocycles. The van der Waals surface area contributed by atoms with Crippen molar-refractivity contribution in [3.63, 3.8) is 0 Å². The van der Waals surface area contributed by atoms with Gasteiger partial charge in [-0.15, -0.1) is 0 Å². The normalized spacial score (nSPS) is 10.1. The summed E-state index contributed by atoms with van der Waals surface area (Å²) in [6.07, 6.45) is 2.54. The van der Waals surface area contributed by atoms with Crippen molar-refractivity contribution in [3.05, 3.63) is 46.3 Å². The molecular formula is C11H7Cl2N3O2. The van der Waals surface area contributed by atoms with Crippen LogP contribution in [-0.4, -0.2) is 21.0 Å². The molecule has 0 saturated heterocycles. The van der Waals surface area contributed by atoms with Gasteiger partial charge in [-0.2, -0.15) is 0 Å². The number of halogens is 2. The second-order valence-corrected chi connectivity index (χ2v) is 4.13. The van der Waals surface area contributed by atoms with Crippen molar-refractivity contribution in [1.82, 2.24) is 9.97 Å². The Morgan fingerprint density at radius 1 is 1.22 bits per heavy atom. The molecule has 0 radical (unpaired) electrons. The summed E-state index contributed by atoms with van der Waals surface area (Å²) in [5.74, 6) is -0.902. The van der Waals surface area contributed by atoms with Crippen LogP contribution in [0.4, 0.5) is 11.5 Å². The Morgan fingerprint density at radius 2 is 1.89 bits per heavy atom. The van der Waals surface area contributed by atoms with Crippen LogP contribution >= 0.6 is 23.2 Å². The highest BCUT2D eigenvalue weighted by Crippen LogP contribution is 2.31. The molecule has 1 aromatic carbocycles. The van der Waals surface area contributed by atoms with Crippen molar-refractivity contribution >= 4 is 40.7 Å². The first-order valence-corrected chi connectivity index (χ1v) is 5.60. The minimum Gasteiger partial charge on any atom is -0.476 e. The van der Waals surface area contributed by atoms with Gasteiger partial charge < -0.3 is 10.4 Å². The average Bonchev–Trinajstić information content (AvgIpc) is 2.34. The van der Waals surface area contributed by atoms with Gasteiger partial charge in [0.2, 0.25) is 0 Å². The Kier molecular flexibility index (Phi) is 3.64. The Morgan fingerprint density at radius 3 is 2.50 bits per heavy atom. The number of benzene rings is 1. The van der Waals surface area contributed by atoms with Crippen LogP contribution in [0.15, 0.2) is 30.6 Å². The summed E-state index contributed by atoms with van der Waals surface area (Å²) in [7, 11) is 0. The number of anilines is 2. The van der Waals surface area contributed by atoms with Crippen LogP contribution in [0.1, 0.15) is 10.5 Å². The molecule has 2 rings (SSSR count). The first kappa shape index (κ1) is 12.6. The molecule has 1 heterocycles. The molecule has 2 aromatic rings. The molecule has 2 N–H and O–H groups in total. The number of rotatable bonds is 3. The average molecular weight is 284 g/mol. The lowest BCUT2D eigenvalue weighted by Gasteiger charge is -2.09. The van der Waals surface area contributed by atoms with E-state index in [4.69, 9.17) is 28.3 Å². The summed E-state index contributed by atoms with van der Waals surface area (Å²) in [6.45, 7) is 0. The van der Waals surface area contributed by atoms with Gasteiger partial charge in [0.25, 0.3) is 0 Å². The predicted molar refractivity (Wildman–Crippen MR) is 68.7 cm³/mol. The zero-order chi connectivity index (χ0) is 13.1. The number of aromatic nitrogens is 2. The second-order valence-electron chi connectivity index (χ2n) is 3.32. The van der Waals surface area contributed by atoms with Crippen molar-refractivity contribution < 1.29 is 9.90 Å². The van der Waals surface area contributed by atoms with Crippen LogP contribution in [0.3, 0.4) is 0 Å². The van der Waals surface area contributed by atoms with Crippen molar-refractivity contribution in [2.24, 2.45) is 0 Å². The molecule has 0 aliphatic heterocycles. The van der Waals surface area contributed by atoms with Gasteiger partial charge >= 0.3 is 5.97 Å². The van der Waals surface area contributed by atoms with Gasteiger partial charge in [-0.25, -0.2) is 9.78 Å². The third kappa shape index (κ3) is 2.69. The number of nitrogens with zero attached hydrogens (tertiary/aromatic N) is 2. The van der Waals surface area contributed by atoms with Gasteiger partial charge in [0.1, 0.15) is 5.82 Å². The van der Waals surface area contributed by atoms with Crippen molar-refractivity contribution in [1.29, 1.82) is 0 Å². The molecular weight excluding hydrogens is 277 g/mol. The Balaban J connectivity index is 2.34. The lowest BCUT2D eigenvalue weighted by molar-refractivity contribution is 0.0690. The highest BCUT2D eigenvalue weighted by atomic mass is 35.5. The standard InChI is InChI=1S/C11H7Cl2N3O2/c12-6-2-1-3-7(13)10(6)16-9-5-14-4-8(15-9)11(17)18/h1-5H,(H,15,16)(H,17,18). The van der Waals surface area contributed by atoms with E-state index in [1.165, 1.54) is 6.20 Å². The van der Waals surface area contributed by atoms with Gasteiger partial charge in [0.05, 0.1) is 28.1 Å². The maximum Gasteiger partial charge on any atom is 0.356 e. The summed E-state index contributed by atoms with van der Waals surface area (Å²) >= 11 is 11.9.